The summed E-state index contributed by atoms with van der Waals surface area (Å²) >= 11 is 1.07. The number of rotatable bonds is 4. The normalized spacial score (nSPS) is 10.3. The molecule has 0 fully saturated rings. The molecule has 0 radical (unpaired) electrons. The van der Waals surface area contributed by atoms with E-state index < -0.39 is 5.97 Å². The number of hydrogen-bond acceptors (Lipinski definition) is 5. The topological polar surface area (TPSA) is 92.2 Å². The van der Waals surface area contributed by atoms with E-state index in [2.05, 4.69) is 15.3 Å². The van der Waals surface area contributed by atoms with Crippen LogP contribution in [0.25, 0.3) is 0 Å². The van der Waals surface area contributed by atoms with E-state index in [1.807, 2.05) is 6.92 Å². The number of nitrogens with zero attached hydrogens (tertiary/aromatic N) is 2. The van der Waals surface area contributed by atoms with E-state index in [1.165, 1.54) is 6.20 Å². The summed E-state index contributed by atoms with van der Waals surface area (Å²) in [5.41, 5.74) is 1.76. The first-order valence-corrected chi connectivity index (χ1v) is 6.69. The Morgan fingerprint density at radius 3 is 2.65 bits per heavy atom. The lowest BCUT2D eigenvalue weighted by atomic mass is 10.2. The van der Waals surface area contributed by atoms with Crippen molar-refractivity contribution in [3.05, 3.63) is 45.2 Å². The standard InChI is InChI=1S/C13H13N3O3S/c1-7-3-4-9(5-14-7)12(17)15-6-10-16-8(2)11(20-10)13(18)19/h3-5H,6H2,1-2H3,(H,15,17)(H,18,19). The van der Waals surface area contributed by atoms with Gasteiger partial charge in [-0.15, -0.1) is 11.3 Å². The van der Waals surface area contributed by atoms with Crippen LogP contribution >= 0.6 is 11.3 Å². The molecular formula is C13H13N3O3S. The van der Waals surface area contributed by atoms with Crippen LogP contribution in [0, 0.1) is 13.8 Å². The third-order valence-electron chi connectivity index (χ3n) is 2.61. The summed E-state index contributed by atoms with van der Waals surface area (Å²) in [5.74, 6) is -1.26. The second kappa shape index (κ2) is 5.79. The first-order valence-electron chi connectivity index (χ1n) is 5.88. The summed E-state index contributed by atoms with van der Waals surface area (Å²) in [6, 6.07) is 3.44. The fraction of sp³-hybridized carbons (Fsp3) is 0.231. The van der Waals surface area contributed by atoms with Gasteiger partial charge in [-0.05, 0) is 26.0 Å². The van der Waals surface area contributed by atoms with Gasteiger partial charge >= 0.3 is 5.97 Å². The average Bonchev–Trinajstić information content (AvgIpc) is 2.78. The van der Waals surface area contributed by atoms with Gasteiger partial charge in [0.2, 0.25) is 0 Å². The summed E-state index contributed by atoms with van der Waals surface area (Å²) in [6.45, 7) is 3.67. The maximum absolute atomic E-state index is 11.9. The number of carboxylic acids is 1. The van der Waals surface area contributed by atoms with Crippen LogP contribution in [-0.2, 0) is 6.54 Å². The van der Waals surface area contributed by atoms with E-state index in [0.717, 1.165) is 17.0 Å². The Labute approximate surface area is 119 Å². The number of aryl methyl sites for hydroxylation is 2. The van der Waals surface area contributed by atoms with Gasteiger partial charge in [0.1, 0.15) is 9.88 Å². The van der Waals surface area contributed by atoms with Gasteiger partial charge in [0, 0.05) is 11.9 Å². The molecular weight excluding hydrogens is 278 g/mol. The van der Waals surface area contributed by atoms with Crippen molar-refractivity contribution in [2.45, 2.75) is 20.4 Å². The predicted octanol–water partition coefficient (Wildman–Crippen LogP) is 1.78. The molecule has 0 unspecified atom stereocenters. The molecule has 0 aliphatic rings. The zero-order valence-corrected chi connectivity index (χ0v) is 11.8. The fourth-order valence-corrected chi connectivity index (χ4v) is 2.43. The van der Waals surface area contributed by atoms with Gasteiger partial charge in [0.15, 0.2) is 0 Å². The Bertz CT molecular complexity index is 649. The molecule has 2 aromatic heterocycles. The van der Waals surface area contributed by atoms with E-state index in [4.69, 9.17) is 5.11 Å². The Hall–Kier alpha value is -2.28. The largest absolute Gasteiger partial charge is 0.477 e. The Morgan fingerprint density at radius 1 is 1.35 bits per heavy atom. The highest BCUT2D eigenvalue weighted by molar-refractivity contribution is 7.13. The van der Waals surface area contributed by atoms with Gasteiger partial charge in [0.25, 0.3) is 5.91 Å². The molecule has 2 N–H and O–H groups in total. The maximum Gasteiger partial charge on any atom is 0.347 e. The molecule has 20 heavy (non-hydrogen) atoms. The lowest BCUT2D eigenvalue weighted by Gasteiger charge is -2.02. The molecule has 1 amide bonds. The number of aromatic carboxylic acids is 1. The van der Waals surface area contributed by atoms with Crippen molar-refractivity contribution in [2.75, 3.05) is 0 Å². The summed E-state index contributed by atoms with van der Waals surface area (Å²) < 4.78 is 0. The molecule has 104 valence electrons. The maximum atomic E-state index is 11.9. The smallest absolute Gasteiger partial charge is 0.347 e. The monoisotopic (exact) mass is 291 g/mol. The lowest BCUT2D eigenvalue weighted by Crippen LogP contribution is -2.22. The van der Waals surface area contributed by atoms with E-state index in [-0.39, 0.29) is 17.3 Å². The molecule has 0 aliphatic heterocycles. The third kappa shape index (κ3) is 3.18. The minimum Gasteiger partial charge on any atom is -0.477 e. The Balaban J connectivity index is 2.01. The van der Waals surface area contributed by atoms with Crippen LogP contribution < -0.4 is 5.32 Å². The van der Waals surface area contributed by atoms with Crippen LogP contribution in [0.3, 0.4) is 0 Å². The molecule has 0 aliphatic carbocycles. The van der Waals surface area contributed by atoms with E-state index in [0.29, 0.717) is 16.3 Å². The molecule has 0 atom stereocenters. The van der Waals surface area contributed by atoms with E-state index >= 15 is 0 Å². The number of nitrogens with one attached hydrogen (secondary N) is 1. The van der Waals surface area contributed by atoms with E-state index in [1.54, 1.807) is 19.1 Å². The number of carbonyl (C=O) groups is 2. The first kappa shape index (κ1) is 14.1. The van der Waals surface area contributed by atoms with Gasteiger partial charge in [0.05, 0.1) is 17.8 Å². The second-order valence-corrected chi connectivity index (χ2v) is 5.28. The SMILES string of the molecule is Cc1ccc(C(=O)NCc2nc(C)c(C(=O)O)s2)cn1. The number of pyridine rings is 1. The Morgan fingerprint density at radius 2 is 2.10 bits per heavy atom. The highest BCUT2D eigenvalue weighted by Crippen LogP contribution is 2.17. The summed E-state index contributed by atoms with van der Waals surface area (Å²) in [5, 5.41) is 12.2. The van der Waals surface area contributed by atoms with Crippen LogP contribution in [0.2, 0.25) is 0 Å². The molecule has 0 bridgehead atoms. The van der Waals surface area contributed by atoms with Crippen LogP contribution in [-0.4, -0.2) is 27.0 Å². The molecule has 2 aromatic rings. The van der Waals surface area contributed by atoms with Crippen LogP contribution in [0.5, 0.6) is 0 Å². The molecule has 2 heterocycles. The molecule has 0 saturated carbocycles. The van der Waals surface area contributed by atoms with Crippen LogP contribution in [0.1, 0.15) is 36.4 Å². The molecule has 0 saturated heterocycles. The number of aromatic nitrogens is 2. The number of carbonyl (C=O) groups excluding carboxylic acids is 1. The zero-order chi connectivity index (χ0) is 14.7. The lowest BCUT2D eigenvalue weighted by molar-refractivity contribution is 0.0701. The first-order chi connectivity index (χ1) is 9.47. The number of thiazole rings is 1. The van der Waals surface area contributed by atoms with Crippen molar-refractivity contribution in [3.8, 4) is 0 Å². The number of hydrogen-bond donors (Lipinski definition) is 2. The van der Waals surface area contributed by atoms with Crippen molar-refractivity contribution >= 4 is 23.2 Å². The number of carboxylic acid groups (broad SMARTS) is 1. The van der Waals surface area contributed by atoms with Crippen LogP contribution in [0.4, 0.5) is 0 Å². The Kier molecular flexibility index (Phi) is 4.09. The predicted molar refractivity (Wildman–Crippen MR) is 74.0 cm³/mol. The fourth-order valence-electron chi connectivity index (χ4n) is 1.59. The van der Waals surface area contributed by atoms with Crippen molar-refractivity contribution < 1.29 is 14.7 Å². The van der Waals surface area contributed by atoms with Crippen molar-refractivity contribution in [1.29, 1.82) is 0 Å². The van der Waals surface area contributed by atoms with E-state index in [9.17, 15) is 9.59 Å². The summed E-state index contributed by atoms with van der Waals surface area (Å²) in [7, 11) is 0. The average molecular weight is 291 g/mol. The summed E-state index contributed by atoms with van der Waals surface area (Å²) in [4.78, 5) is 31.1. The molecule has 2 rings (SSSR count). The van der Waals surface area contributed by atoms with Crippen molar-refractivity contribution in [2.24, 2.45) is 0 Å². The van der Waals surface area contributed by atoms with Gasteiger partial charge in [-0.3, -0.25) is 9.78 Å². The quantitative estimate of drug-likeness (QED) is 0.895. The van der Waals surface area contributed by atoms with Crippen molar-refractivity contribution in [3.63, 3.8) is 0 Å². The molecule has 7 heteroatoms. The van der Waals surface area contributed by atoms with Gasteiger partial charge in [-0.25, -0.2) is 9.78 Å². The minimum atomic E-state index is -1.000. The highest BCUT2D eigenvalue weighted by atomic mass is 32.1. The minimum absolute atomic E-state index is 0.200. The van der Waals surface area contributed by atoms with Crippen molar-refractivity contribution in [1.82, 2.24) is 15.3 Å². The zero-order valence-electron chi connectivity index (χ0n) is 11.0. The summed E-state index contributed by atoms with van der Waals surface area (Å²) in [6.07, 6.45) is 1.50. The van der Waals surface area contributed by atoms with Gasteiger partial charge in [-0.2, -0.15) is 0 Å². The highest BCUT2D eigenvalue weighted by Gasteiger charge is 2.14. The van der Waals surface area contributed by atoms with Gasteiger partial charge in [-0.1, -0.05) is 0 Å². The number of amides is 1. The second-order valence-electron chi connectivity index (χ2n) is 4.20. The van der Waals surface area contributed by atoms with Gasteiger partial charge < -0.3 is 10.4 Å². The third-order valence-corrected chi connectivity index (χ3v) is 3.75. The molecule has 0 spiro atoms. The van der Waals surface area contributed by atoms with Crippen LogP contribution in [0.15, 0.2) is 18.3 Å². The molecule has 6 nitrogen and oxygen atoms in total. The molecule has 0 aromatic carbocycles.